The lowest BCUT2D eigenvalue weighted by atomic mass is 10.1. The Morgan fingerprint density at radius 3 is 2.15 bits per heavy atom. The van der Waals surface area contributed by atoms with Crippen LogP contribution in [0.25, 0.3) is 11.4 Å². The molecule has 0 fully saturated rings. The number of hydrogen-bond acceptors (Lipinski definition) is 2. The fourth-order valence-electron chi connectivity index (χ4n) is 2.05. The van der Waals surface area contributed by atoms with Crippen molar-refractivity contribution in [3.8, 4) is 11.4 Å². The molecule has 0 saturated carbocycles. The van der Waals surface area contributed by atoms with Gasteiger partial charge in [-0.15, -0.1) is 0 Å². The monoisotopic (exact) mass is 280 g/mol. The summed E-state index contributed by atoms with van der Waals surface area (Å²) in [6, 6.07) is 20.0. The number of rotatable bonds is 3. The smallest absolute Gasteiger partial charge is 0.160 e. The van der Waals surface area contributed by atoms with Gasteiger partial charge in [-0.2, -0.15) is 0 Å². The fraction of sp³-hybridized carbons (Fsp3) is 0.0588. The van der Waals surface area contributed by atoms with E-state index < -0.39 is 0 Å². The maximum absolute atomic E-state index is 6.28. The molecule has 3 aromatic rings. The quantitative estimate of drug-likeness (QED) is 0.665. The molecule has 1 aromatic heterocycles. The van der Waals surface area contributed by atoms with Crippen LogP contribution in [0.5, 0.6) is 0 Å². The molecular formula is C17H13ClN2. The molecule has 0 atom stereocenters. The van der Waals surface area contributed by atoms with Crippen LogP contribution < -0.4 is 0 Å². The van der Waals surface area contributed by atoms with E-state index in [1.54, 1.807) is 0 Å². The van der Waals surface area contributed by atoms with E-state index in [4.69, 9.17) is 11.6 Å². The van der Waals surface area contributed by atoms with E-state index in [1.807, 2.05) is 54.7 Å². The highest BCUT2D eigenvalue weighted by atomic mass is 35.5. The first-order valence-corrected chi connectivity index (χ1v) is 6.81. The summed E-state index contributed by atoms with van der Waals surface area (Å²) in [4.78, 5) is 8.80. The van der Waals surface area contributed by atoms with Crippen molar-refractivity contribution in [2.45, 2.75) is 6.42 Å². The van der Waals surface area contributed by atoms with Crippen LogP contribution >= 0.6 is 11.6 Å². The minimum absolute atomic E-state index is 0.516. The lowest BCUT2D eigenvalue weighted by Crippen LogP contribution is -1.96. The molecule has 0 saturated heterocycles. The van der Waals surface area contributed by atoms with E-state index >= 15 is 0 Å². The molecule has 0 N–H and O–H groups in total. The van der Waals surface area contributed by atoms with Crippen LogP contribution in [0.1, 0.15) is 11.1 Å². The summed E-state index contributed by atoms with van der Waals surface area (Å²) < 4.78 is 0. The summed E-state index contributed by atoms with van der Waals surface area (Å²) in [6.07, 6.45) is 2.55. The molecule has 0 aliphatic rings. The van der Waals surface area contributed by atoms with Gasteiger partial charge in [0, 0.05) is 23.7 Å². The molecule has 0 amide bonds. The molecule has 2 nitrogen and oxygen atoms in total. The SMILES string of the molecule is Clc1nc(-c2ccccc2)ncc1Cc1ccccc1. The van der Waals surface area contributed by atoms with Gasteiger partial charge in [-0.25, -0.2) is 9.97 Å². The van der Waals surface area contributed by atoms with Crippen molar-refractivity contribution >= 4 is 11.6 Å². The van der Waals surface area contributed by atoms with Gasteiger partial charge in [0.05, 0.1) is 0 Å². The van der Waals surface area contributed by atoms with E-state index in [9.17, 15) is 0 Å². The highest BCUT2D eigenvalue weighted by Gasteiger charge is 2.07. The van der Waals surface area contributed by atoms with Crippen molar-refractivity contribution in [3.63, 3.8) is 0 Å². The molecule has 0 radical (unpaired) electrons. The number of benzene rings is 2. The Morgan fingerprint density at radius 2 is 1.50 bits per heavy atom. The maximum Gasteiger partial charge on any atom is 0.160 e. The molecule has 1 heterocycles. The summed E-state index contributed by atoms with van der Waals surface area (Å²) in [5.74, 6) is 0.660. The lowest BCUT2D eigenvalue weighted by Gasteiger charge is -2.06. The highest BCUT2D eigenvalue weighted by Crippen LogP contribution is 2.21. The molecule has 0 aliphatic heterocycles. The van der Waals surface area contributed by atoms with Crippen molar-refractivity contribution in [1.29, 1.82) is 0 Å². The van der Waals surface area contributed by atoms with Gasteiger partial charge in [-0.3, -0.25) is 0 Å². The Kier molecular flexibility index (Phi) is 3.75. The molecule has 0 spiro atoms. The first kappa shape index (κ1) is 12.8. The van der Waals surface area contributed by atoms with Gasteiger partial charge in [0.25, 0.3) is 0 Å². The van der Waals surface area contributed by atoms with E-state index in [0.717, 1.165) is 17.5 Å². The average Bonchev–Trinajstić information content (AvgIpc) is 2.51. The van der Waals surface area contributed by atoms with Crippen molar-refractivity contribution in [3.05, 3.63) is 83.1 Å². The van der Waals surface area contributed by atoms with E-state index in [0.29, 0.717) is 11.0 Å². The van der Waals surface area contributed by atoms with E-state index in [-0.39, 0.29) is 0 Å². The Bertz CT molecular complexity index is 697. The summed E-state index contributed by atoms with van der Waals surface area (Å²) in [5, 5.41) is 0.516. The third-order valence-electron chi connectivity index (χ3n) is 3.08. The van der Waals surface area contributed by atoms with Crippen molar-refractivity contribution in [2.75, 3.05) is 0 Å². The normalized spacial score (nSPS) is 10.4. The van der Waals surface area contributed by atoms with Crippen LogP contribution in [-0.2, 0) is 6.42 Å². The molecular weight excluding hydrogens is 268 g/mol. The van der Waals surface area contributed by atoms with Gasteiger partial charge < -0.3 is 0 Å². The van der Waals surface area contributed by atoms with Gasteiger partial charge in [0.2, 0.25) is 0 Å². The second kappa shape index (κ2) is 5.85. The van der Waals surface area contributed by atoms with Crippen LogP contribution in [0.15, 0.2) is 66.9 Å². The van der Waals surface area contributed by atoms with Crippen LogP contribution in [0.4, 0.5) is 0 Å². The molecule has 3 rings (SSSR count). The molecule has 2 aromatic carbocycles. The predicted molar refractivity (Wildman–Crippen MR) is 81.7 cm³/mol. The largest absolute Gasteiger partial charge is 0.236 e. The molecule has 3 heteroatoms. The average molecular weight is 281 g/mol. The highest BCUT2D eigenvalue weighted by molar-refractivity contribution is 6.30. The number of hydrogen-bond donors (Lipinski definition) is 0. The van der Waals surface area contributed by atoms with Crippen molar-refractivity contribution < 1.29 is 0 Å². The molecule has 0 bridgehead atoms. The standard InChI is InChI=1S/C17H13ClN2/c18-16-15(11-13-7-3-1-4-8-13)12-19-17(20-16)14-9-5-2-6-10-14/h1-10,12H,11H2. The molecule has 0 unspecified atom stereocenters. The first-order chi connectivity index (χ1) is 9.83. The number of halogens is 1. The van der Waals surface area contributed by atoms with E-state index in [1.165, 1.54) is 5.56 Å². The summed E-state index contributed by atoms with van der Waals surface area (Å²) in [6.45, 7) is 0. The van der Waals surface area contributed by atoms with Gasteiger partial charge in [-0.1, -0.05) is 72.3 Å². The number of nitrogens with zero attached hydrogens (tertiary/aromatic N) is 2. The van der Waals surface area contributed by atoms with Crippen LogP contribution in [0, 0.1) is 0 Å². The number of aromatic nitrogens is 2. The summed E-state index contributed by atoms with van der Waals surface area (Å²) in [7, 11) is 0. The summed E-state index contributed by atoms with van der Waals surface area (Å²) >= 11 is 6.28. The zero-order valence-corrected chi connectivity index (χ0v) is 11.6. The van der Waals surface area contributed by atoms with E-state index in [2.05, 4.69) is 22.1 Å². The second-order valence-electron chi connectivity index (χ2n) is 4.54. The zero-order chi connectivity index (χ0) is 13.8. The Labute approximate surface area is 123 Å². The Hall–Kier alpha value is -2.19. The van der Waals surface area contributed by atoms with Gasteiger partial charge in [0.15, 0.2) is 5.82 Å². The second-order valence-corrected chi connectivity index (χ2v) is 4.90. The first-order valence-electron chi connectivity index (χ1n) is 6.44. The van der Waals surface area contributed by atoms with Crippen LogP contribution in [-0.4, -0.2) is 9.97 Å². The molecule has 98 valence electrons. The third-order valence-corrected chi connectivity index (χ3v) is 3.41. The van der Waals surface area contributed by atoms with Crippen LogP contribution in [0.2, 0.25) is 5.15 Å². The zero-order valence-electron chi connectivity index (χ0n) is 10.8. The third kappa shape index (κ3) is 2.86. The molecule has 0 aliphatic carbocycles. The van der Waals surface area contributed by atoms with Gasteiger partial charge in [0.1, 0.15) is 5.15 Å². The van der Waals surface area contributed by atoms with Crippen molar-refractivity contribution in [2.24, 2.45) is 0 Å². The minimum atomic E-state index is 0.516. The van der Waals surface area contributed by atoms with Crippen molar-refractivity contribution in [1.82, 2.24) is 9.97 Å². The maximum atomic E-state index is 6.28. The predicted octanol–water partition coefficient (Wildman–Crippen LogP) is 4.39. The molecule has 20 heavy (non-hydrogen) atoms. The van der Waals surface area contributed by atoms with Gasteiger partial charge in [-0.05, 0) is 5.56 Å². The Morgan fingerprint density at radius 1 is 0.850 bits per heavy atom. The lowest BCUT2D eigenvalue weighted by molar-refractivity contribution is 1.08. The minimum Gasteiger partial charge on any atom is -0.236 e. The van der Waals surface area contributed by atoms with Crippen LogP contribution in [0.3, 0.4) is 0 Å². The fourth-order valence-corrected chi connectivity index (χ4v) is 2.24. The Balaban J connectivity index is 1.89. The topological polar surface area (TPSA) is 25.8 Å². The van der Waals surface area contributed by atoms with Gasteiger partial charge >= 0.3 is 0 Å². The summed E-state index contributed by atoms with van der Waals surface area (Å²) in [5.41, 5.74) is 3.11.